The number of amides is 2. The molecule has 6 heteroatoms. The van der Waals surface area contributed by atoms with E-state index in [0.29, 0.717) is 28.4 Å². The third kappa shape index (κ3) is 2.96. The van der Waals surface area contributed by atoms with Crippen LogP contribution in [0.1, 0.15) is 17.3 Å². The number of rotatable bonds is 3. The summed E-state index contributed by atoms with van der Waals surface area (Å²) in [4.78, 5) is 25.5. The van der Waals surface area contributed by atoms with Crippen LogP contribution < -0.4 is 19.7 Å². The van der Waals surface area contributed by atoms with E-state index in [4.69, 9.17) is 9.47 Å². The van der Waals surface area contributed by atoms with Crippen LogP contribution in [0.15, 0.2) is 42.5 Å². The van der Waals surface area contributed by atoms with Gasteiger partial charge in [0.25, 0.3) is 5.91 Å². The molecule has 23 heavy (non-hydrogen) atoms. The number of anilines is 2. The van der Waals surface area contributed by atoms with Crippen molar-refractivity contribution in [2.75, 3.05) is 24.1 Å². The Hall–Kier alpha value is -3.02. The third-order valence-corrected chi connectivity index (χ3v) is 3.62. The van der Waals surface area contributed by atoms with Crippen molar-refractivity contribution in [1.82, 2.24) is 0 Å². The van der Waals surface area contributed by atoms with E-state index in [1.54, 1.807) is 43.4 Å². The molecule has 0 aliphatic carbocycles. The highest BCUT2D eigenvalue weighted by Crippen LogP contribution is 2.33. The van der Waals surface area contributed by atoms with Crippen LogP contribution in [0.25, 0.3) is 0 Å². The molecule has 0 bridgehead atoms. The van der Waals surface area contributed by atoms with E-state index in [0.717, 1.165) is 0 Å². The summed E-state index contributed by atoms with van der Waals surface area (Å²) >= 11 is 0. The molecule has 118 valence electrons. The lowest BCUT2D eigenvalue weighted by molar-refractivity contribution is -0.116. The van der Waals surface area contributed by atoms with E-state index in [1.807, 2.05) is 6.07 Å². The zero-order valence-electron chi connectivity index (χ0n) is 12.8. The second kappa shape index (κ2) is 6.00. The Bertz CT molecular complexity index is 773. The van der Waals surface area contributed by atoms with Crippen LogP contribution in [-0.4, -0.2) is 25.7 Å². The predicted octanol–water partition coefficient (Wildman–Crippen LogP) is 2.65. The Morgan fingerprint density at radius 3 is 2.61 bits per heavy atom. The van der Waals surface area contributed by atoms with Crippen molar-refractivity contribution < 1.29 is 19.1 Å². The van der Waals surface area contributed by atoms with Crippen molar-refractivity contribution in [3.05, 3.63) is 48.0 Å². The monoisotopic (exact) mass is 312 g/mol. The van der Waals surface area contributed by atoms with Crippen molar-refractivity contribution in [3.63, 3.8) is 0 Å². The highest BCUT2D eigenvalue weighted by Gasteiger charge is 2.18. The molecule has 1 N–H and O–H groups in total. The van der Waals surface area contributed by atoms with Crippen LogP contribution in [0, 0.1) is 0 Å². The highest BCUT2D eigenvalue weighted by atomic mass is 16.7. The van der Waals surface area contributed by atoms with Gasteiger partial charge >= 0.3 is 0 Å². The van der Waals surface area contributed by atoms with Gasteiger partial charge in [0.1, 0.15) is 0 Å². The second-order valence-corrected chi connectivity index (χ2v) is 5.12. The van der Waals surface area contributed by atoms with Crippen molar-refractivity contribution in [2.45, 2.75) is 6.92 Å². The summed E-state index contributed by atoms with van der Waals surface area (Å²) in [6, 6.07) is 12.1. The van der Waals surface area contributed by atoms with Gasteiger partial charge in [-0.05, 0) is 30.3 Å². The molecule has 0 saturated heterocycles. The Morgan fingerprint density at radius 2 is 1.83 bits per heavy atom. The van der Waals surface area contributed by atoms with Crippen molar-refractivity contribution >= 4 is 23.2 Å². The lowest BCUT2D eigenvalue weighted by Crippen LogP contribution is -2.24. The second-order valence-electron chi connectivity index (χ2n) is 5.12. The maximum absolute atomic E-state index is 12.4. The van der Waals surface area contributed by atoms with Gasteiger partial charge in [-0.15, -0.1) is 0 Å². The van der Waals surface area contributed by atoms with Gasteiger partial charge in [-0.25, -0.2) is 0 Å². The van der Waals surface area contributed by atoms with Crippen LogP contribution in [-0.2, 0) is 4.79 Å². The van der Waals surface area contributed by atoms with E-state index in [1.165, 1.54) is 11.8 Å². The molecule has 0 aromatic heterocycles. The molecule has 2 aromatic carbocycles. The van der Waals surface area contributed by atoms with E-state index in [9.17, 15) is 9.59 Å². The van der Waals surface area contributed by atoms with Gasteiger partial charge in [0.05, 0.1) is 11.4 Å². The van der Waals surface area contributed by atoms with E-state index >= 15 is 0 Å². The van der Waals surface area contributed by atoms with Gasteiger partial charge in [0.2, 0.25) is 12.7 Å². The van der Waals surface area contributed by atoms with E-state index in [2.05, 4.69) is 5.32 Å². The van der Waals surface area contributed by atoms with Crippen LogP contribution in [0.5, 0.6) is 11.5 Å². The molecule has 2 amide bonds. The molecule has 1 aliphatic heterocycles. The first-order valence-corrected chi connectivity index (χ1v) is 7.10. The fourth-order valence-electron chi connectivity index (χ4n) is 2.27. The summed E-state index contributed by atoms with van der Waals surface area (Å²) in [7, 11) is 1.66. The molecule has 0 radical (unpaired) electrons. The van der Waals surface area contributed by atoms with Crippen LogP contribution >= 0.6 is 0 Å². The molecule has 3 rings (SSSR count). The summed E-state index contributed by atoms with van der Waals surface area (Å²) in [5, 5.41) is 2.82. The number of hydrogen-bond acceptors (Lipinski definition) is 4. The number of para-hydroxylation sites is 2. The lowest BCUT2D eigenvalue weighted by atomic mass is 10.1. The molecule has 0 spiro atoms. The maximum atomic E-state index is 12.4. The van der Waals surface area contributed by atoms with E-state index < -0.39 is 0 Å². The minimum atomic E-state index is -0.285. The largest absolute Gasteiger partial charge is 0.454 e. The Balaban J connectivity index is 1.85. The van der Waals surface area contributed by atoms with Gasteiger partial charge in [-0.2, -0.15) is 0 Å². The Labute approximate surface area is 133 Å². The van der Waals surface area contributed by atoms with E-state index in [-0.39, 0.29) is 18.6 Å². The maximum Gasteiger partial charge on any atom is 0.255 e. The predicted molar refractivity (Wildman–Crippen MR) is 86.0 cm³/mol. The van der Waals surface area contributed by atoms with Gasteiger partial charge < -0.3 is 19.7 Å². The number of hydrogen-bond donors (Lipinski definition) is 1. The zero-order valence-corrected chi connectivity index (χ0v) is 12.8. The standard InChI is InChI=1S/C17H16N2O4/c1-11(20)19(2)14-6-4-3-5-13(14)18-17(21)12-7-8-15-16(9-12)23-10-22-15/h3-9H,10H2,1-2H3,(H,18,21). The van der Waals surface area contributed by atoms with Gasteiger partial charge in [0, 0.05) is 19.5 Å². The number of benzene rings is 2. The van der Waals surface area contributed by atoms with Gasteiger partial charge in [-0.1, -0.05) is 12.1 Å². The number of nitrogens with one attached hydrogen (secondary N) is 1. The van der Waals surface area contributed by atoms with Crippen molar-refractivity contribution in [2.24, 2.45) is 0 Å². The SMILES string of the molecule is CC(=O)N(C)c1ccccc1NC(=O)c1ccc2c(c1)OCO2. The van der Waals surface area contributed by atoms with Crippen molar-refractivity contribution in [1.29, 1.82) is 0 Å². The highest BCUT2D eigenvalue weighted by molar-refractivity contribution is 6.07. The first-order chi connectivity index (χ1) is 11.1. The molecule has 0 saturated carbocycles. The normalized spacial score (nSPS) is 11.9. The number of carbonyl (C=O) groups is 2. The Morgan fingerprint density at radius 1 is 1.09 bits per heavy atom. The van der Waals surface area contributed by atoms with Gasteiger partial charge in [-0.3, -0.25) is 9.59 Å². The molecule has 0 fully saturated rings. The molecule has 0 atom stereocenters. The number of fused-ring (bicyclic) bond motifs is 1. The number of carbonyl (C=O) groups excluding carboxylic acids is 2. The molecular formula is C17H16N2O4. The summed E-state index contributed by atoms with van der Waals surface area (Å²) < 4.78 is 10.5. The first kappa shape index (κ1) is 14.9. The quantitative estimate of drug-likeness (QED) is 0.946. The minimum absolute atomic E-state index is 0.116. The third-order valence-electron chi connectivity index (χ3n) is 3.62. The fourth-order valence-corrected chi connectivity index (χ4v) is 2.27. The number of ether oxygens (including phenoxy) is 2. The smallest absolute Gasteiger partial charge is 0.255 e. The molecule has 6 nitrogen and oxygen atoms in total. The average Bonchev–Trinajstić information content (AvgIpc) is 3.02. The van der Waals surface area contributed by atoms with Crippen LogP contribution in [0.2, 0.25) is 0 Å². The summed E-state index contributed by atoms with van der Waals surface area (Å²) in [5.74, 6) is 0.771. The first-order valence-electron chi connectivity index (χ1n) is 7.10. The van der Waals surface area contributed by atoms with Gasteiger partial charge in [0.15, 0.2) is 11.5 Å². The average molecular weight is 312 g/mol. The minimum Gasteiger partial charge on any atom is -0.454 e. The lowest BCUT2D eigenvalue weighted by Gasteiger charge is -2.19. The molecule has 1 aliphatic rings. The van der Waals surface area contributed by atoms with Crippen molar-refractivity contribution in [3.8, 4) is 11.5 Å². The summed E-state index contributed by atoms with van der Waals surface area (Å²) in [5.41, 5.74) is 1.65. The zero-order chi connectivity index (χ0) is 16.4. The van der Waals surface area contributed by atoms with Crippen LogP contribution in [0.4, 0.5) is 11.4 Å². The fraction of sp³-hybridized carbons (Fsp3) is 0.176. The number of nitrogens with zero attached hydrogens (tertiary/aromatic N) is 1. The molecular weight excluding hydrogens is 296 g/mol. The Kier molecular flexibility index (Phi) is 3.89. The molecule has 1 heterocycles. The molecule has 2 aromatic rings. The summed E-state index contributed by atoms with van der Waals surface area (Å²) in [6.07, 6.45) is 0. The topological polar surface area (TPSA) is 67.9 Å². The van der Waals surface area contributed by atoms with Crippen LogP contribution in [0.3, 0.4) is 0 Å². The molecule has 0 unspecified atom stereocenters. The summed E-state index contributed by atoms with van der Waals surface area (Å²) in [6.45, 7) is 1.63.